The van der Waals surface area contributed by atoms with Gasteiger partial charge in [0.2, 0.25) is 0 Å². The quantitative estimate of drug-likeness (QED) is 0.833. The average Bonchev–Trinajstić information content (AvgIpc) is 2.16. The van der Waals surface area contributed by atoms with Gasteiger partial charge in [-0.3, -0.25) is 0 Å². The van der Waals surface area contributed by atoms with Crippen molar-refractivity contribution >= 4 is 15.5 Å². The Labute approximate surface area is 96.8 Å². The van der Waals surface area contributed by atoms with Crippen molar-refractivity contribution in [2.45, 2.75) is 24.3 Å². The minimum absolute atomic E-state index is 0.202. The van der Waals surface area contributed by atoms with Gasteiger partial charge in [-0.15, -0.1) is 0 Å². The van der Waals surface area contributed by atoms with E-state index in [1.807, 2.05) is 13.8 Å². The number of anilines is 1. The highest BCUT2D eigenvalue weighted by atomic mass is 32.2. The van der Waals surface area contributed by atoms with Gasteiger partial charge in [0.15, 0.2) is 9.84 Å². The fourth-order valence-corrected chi connectivity index (χ4v) is 1.86. The lowest BCUT2D eigenvalue weighted by Crippen LogP contribution is -2.39. The average molecular weight is 242 g/mol. The lowest BCUT2D eigenvalue weighted by atomic mass is 10.1. The molecule has 0 saturated carbocycles. The van der Waals surface area contributed by atoms with Crippen molar-refractivity contribution in [3.63, 3.8) is 0 Å². The third kappa shape index (κ3) is 3.50. The number of benzene rings is 1. The third-order valence-electron chi connectivity index (χ3n) is 2.28. The number of nitrogens with one attached hydrogen (secondary N) is 1. The summed E-state index contributed by atoms with van der Waals surface area (Å²) >= 11 is 0. The lowest BCUT2D eigenvalue weighted by Gasteiger charge is -2.25. The molecule has 0 bridgehead atoms. The Hall–Kier alpha value is -1.07. The van der Waals surface area contributed by atoms with E-state index in [0.29, 0.717) is 11.4 Å². The highest BCUT2D eigenvalue weighted by Crippen LogP contribution is 2.17. The van der Waals surface area contributed by atoms with Crippen molar-refractivity contribution < 1.29 is 8.42 Å². The molecule has 5 heteroatoms. The van der Waals surface area contributed by atoms with Crippen molar-refractivity contribution in [2.24, 2.45) is 5.73 Å². The van der Waals surface area contributed by atoms with Gasteiger partial charge in [-0.05, 0) is 38.1 Å². The molecule has 1 aromatic rings. The fourth-order valence-electron chi connectivity index (χ4n) is 1.23. The maximum absolute atomic E-state index is 11.2. The standard InChI is InChI=1S/C11H18N2O2S/c1-11(2,8-12)13-9-4-6-10(7-5-9)16(3,14)15/h4-7,13H,8,12H2,1-3H3. The molecule has 0 radical (unpaired) electrons. The zero-order valence-corrected chi connectivity index (χ0v) is 10.6. The largest absolute Gasteiger partial charge is 0.379 e. The zero-order valence-electron chi connectivity index (χ0n) is 9.82. The summed E-state index contributed by atoms with van der Waals surface area (Å²) < 4.78 is 22.5. The highest BCUT2D eigenvalue weighted by molar-refractivity contribution is 7.90. The van der Waals surface area contributed by atoms with Gasteiger partial charge in [0, 0.05) is 24.0 Å². The van der Waals surface area contributed by atoms with E-state index in [1.165, 1.54) is 6.26 Å². The van der Waals surface area contributed by atoms with E-state index in [2.05, 4.69) is 5.32 Å². The summed E-state index contributed by atoms with van der Waals surface area (Å²) in [5.74, 6) is 0. The topological polar surface area (TPSA) is 72.2 Å². The Kier molecular flexibility index (Phi) is 3.60. The summed E-state index contributed by atoms with van der Waals surface area (Å²) in [6, 6.07) is 6.66. The molecule has 0 aromatic heterocycles. The summed E-state index contributed by atoms with van der Waals surface area (Å²) in [4.78, 5) is 0.323. The molecule has 0 aliphatic rings. The van der Waals surface area contributed by atoms with E-state index in [0.717, 1.165) is 5.69 Å². The maximum Gasteiger partial charge on any atom is 0.175 e. The first-order chi connectivity index (χ1) is 7.24. The molecule has 0 heterocycles. The van der Waals surface area contributed by atoms with Gasteiger partial charge in [-0.2, -0.15) is 0 Å². The van der Waals surface area contributed by atoms with Crippen LogP contribution in [0.2, 0.25) is 0 Å². The molecule has 0 amide bonds. The second-order valence-electron chi connectivity index (χ2n) is 4.51. The first kappa shape index (κ1) is 13.0. The van der Waals surface area contributed by atoms with Crippen molar-refractivity contribution in [1.82, 2.24) is 0 Å². The van der Waals surface area contributed by atoms with E-state index >= 15 is 0 Å². The Morgan fingerprint density at radius 2 is 1.75 bits per heavy atom. The first-order valence-corrected chi connectivity index (χ1v) is 6.92. The number of sulfone groups is 1. The molecule has 0 aliphatic heterocycles. The molecule has 0 aliphatic carbocycles. The van der Waals surface area contributed by atoms with Gasteiger partial charge in [-0.25, -0.2) is 8.42 Å². The van der Waals surface area contributed by atoms with Crippen LogP contribution in [-0.2, 0) is 9.84 Å². The molecular weight excluding hydrogens is 224 g/mol. The Morgan fingerprint density at radius 1 is 1.25 bits per heavy atom. The van der Waals surface area contributed by atoms with Crippen molar-refractivity contribution in [1.29, 1.82) is 0 Å². The molecular formula is C11H18N2O2S. The minimum atomic E-state index is -3.12. The number of rotatable bonds is 4. The van der Waals surface area contributed by atoms with Crippen LogP contribution in [-0.4, -0.2) is 26.8 Å². The summed E-state index contributed by atoms with van der Waals surface area (Å²) in [6.07, 6.45) is 1.19. The molecule has 0 atom stereocenters. The molecule has 90 valence electrons. The van der Waals surface area contributed by atoms with Gasteiger partial charge in [0.1, 0.15) is 0 Å². The van der Waals surface area contributed by atoms with Crippen LogP contribution in [0.5, 0.6) is 0 Å². The van der Waals surface area contributed by atoms with Crippen molar-refractivity contribution in [3.05, 3.63) is 24.3 Å². The molecule has 4 nitrogen and oxygen atoms in total. The zero-order chi connectivity index (χ0) is 12.4. The van der Waals surface area contributed by atoms with Crippen LogP contribution in [0.3, 0.4) is 0 Å². The Morgan fingerprint density at radius 3 is 2.12 bits per heavy atom. The van der Waals surface area contributed by atoms with E-state index < -0.39 is 9.84 Å². The molecule has 0 saturated heterocycles. The van der Waals surface area contributed by atoms with E-state index in [9.17, 15) is 8.42 Å². The third-order valence-corrected chi connectivity index (χ3v) is 3.40. The normalized spacial score (nSPS) is 12.5. The lowest BCUT2D eigenvalue weighted by molar-refractivity contribution is 0.580. The predicted octanol–water partition coefficient (Wildman–Crippen LogP) is 1.24. The van der Waals surface area contributed by atoms with E-state index in [4.69, 9.17) is 5.73 Å². The number of nitrogens with two attached hydrogens (primary N) is 1. The first-order valence-electron chi connectivity index (χ1n) is 5.03. The van der Waals surface area contributed by atoms with E-state index in [-0.39, 0.29) is 5.54 Å². The smallest absolute Gasteiger partial charge is 0.175 e. The highest BCUT2D eigenvalue weighted by Gasteiger charge is 2.14. The van der Waals surface area contributed by atoms with Gasteiger partial charge in [-0.1, -0.05) is 0 Å². The van der Waals surface area contributed by atoms with Gasteiger partial charge in [0.25, 0.3) is 0 Å². The van der Waals surface area contributed by atoms with Gasteiger partial charge >= 0.3 is 0 Å². The van der Waals surface area contributed by atoms with Crippen LogP contribution in [0.1, 0.15) is 13.8 Å². The summed E-state index contributed by atoms with van der Waals surface area (Å²) in [7, 11) is -3.12. The number of hydrogen-bond donors (Lipinski definition) is 2. The van der Waals surface area contributed by atoms with Crippen LogP contribution in [0.25, 0.3) is 0 Å². The van der Waals surface area contributed by atoms with Crippen LogP contribution in [0.15, 0.2) is 29.2 Å². The molecule has 0 fully saturated rings. The summed E-state index contributed by atoms with van der Waals surface area (Å²) in [5.41, 5.74) is 6.26. The van der Waals surface area contributed by atoms with Crippen molar-refractivity contribution in [2.75, 3.05) is 18.1 Å². The number of hydrogen-bond acceptors (Lipinski definition) is 4. The van der Waals surface area contributed by atoms with E-state index in [1.54, 1.807) is 24.3 Å². The predicted molar refractivity (Wildman–Crippen MR) is 66.3 cm³/mol. The maximum atomic E-state index is 11.2. The van der Waals surface area contributed by atoms with Crippen LogP contribution in [0.4, 0.5) is 5.69 Å². The van der Waals surface area contributed by atoms with Crippen LogP contribution in [0, 0.1) is 0 Å². The fraction of sp³-hybridized carbons (Fsp3) is 0.455. The Bertz CT molecular complexity index is 449. The molecule has 0 unspecified atom stereocenters. The second kappa shape index (κ2) is 4.43. The van der Waals surface area contributed by atoms with Gasteiger partial charge in [0.05, 0.1) is 4.90 Å². The van der Waals surface area contributed by atoms with Crippen LogP contribution < -0.4 is 11.1 Å². The Balaban J connectivity index is 2.89. The van der Waals surface area contributed by atoms with Gasteiger partial charge < -0.3 is 11.1 Å². The monoisotopic (exact) mass is 242 g/mol. The minimum Gasteiger partial charge on any atom is -0.379 e. The molecule has 0 spiro atoms. The SMILES string of the molecule is CC(C)(CN)Nc1ccc(S(C)(=O)=O)cc1. The molecule has 16 heavy (non-hydrogen) atoms. The second-order valence-corrected chi connectivity index (χ2v) is 6.53. The molecule has 1 rings (SSSR count). The molecule has 1 aromatic carbocycles. The van der Waals surface area contributed by atoms with Crippen LogP contribution >= 0.6 is 0 Å². The van der Waals surface area contributed by atoms with Crippen molar-refractivity contribution in [3.8, 4) is 0 Å². The summed E-state index contributed by atoms with van der Waals surface area (Å²) in [5, 5.41) is 3.23. The molecule has 3 N–H and O–H groups in total. The summed E-state index contributed by atoms with van der Waals surface area (Å²) in [6.45, 7) is 4.47.